The molecule has 0 aromatic carbocycles. The summed E-state index contributed by atoms with van der Waals surface area (Å²) in [4.78, 5) is 12.3. The summed E-state index contributed by atoms with van der Waals surface area (Å²) < 4.78 is 35.5. The highest BCUT2D eigenvalue weighted by atomic mass is 32.2. The van der Waals surface area contributed by atoms with E-state index in [1.165, 1.54) is 0 Å². The summed E-state index contributed by atoms with van der Waals surface area (Å²) in [5.74, 6) is -1.46. The molecule has 0 amide bonds. The highest BCUT2D eigenvalue weighted by Crippen LogP contribution is 2.29. The summed E-state index contributed by atoms with van der Waals surface area (Å²) in [5.41, 5.74) is 0.0528. The van der Waals surface area contributed by atoms with Crippen LogP contribution in [0.1, 0.15) is 32.6 Å². The lowest BCUT2D eigenvalue weighted by molar-refractivity contribution is 0.0525. The Morgan fingerprint density at radius 3 is 2.61 bits per heavy atom. The Morgan fingerprint density at radius 1 is 1.56 bits per heavy atom. The first-order valence-electron chi connectivity index (χ1n) is 4.94. The molecule has 0 aliphatic carbocycles. The maximum atomic E-state index is 11.7. The van der Waals surface area contributed by atoms with Crippen molar-refractivity contribution in [1.82, 2.24) is 0 Å². The molecule has 1 aromatic rings. The number of carbonyl (C=O) groups is 1. The average Bonchev–Trinajstić information content (AvgIpc) is 2.52. The van der Waals surface area contributed by atoms with Crippen molar-refractivity contribution in [2.75, 3.05) is 6.61 Å². The molecule has 6 nitrogen and oxygen atoms in total. The molecule has 1 N–H and O–H groups in total. The highest BCUT2D eigenvalue weighted by molar-refractivity contribution is 7.85. The first-order valence-corrected chi connectivity index (χ1v) is 7.37. The standard InChI is InChI=1S/C10H11NO5S2/c1-3-16-10(12)9-6(2)17-8(4-11)7(9)5-18(13,14)15/h3,5H2,1-2H3,(H,13,14,15). The number of hydrogen-bond donors (Lipinski definition) is 1. The Morgan fingerprint density at radius 2 is 2.17 bits per heavy atom. The minimum atomic E-state index is -4.32. The van der Waals surface area contributed by atoms with Crippen LogP contribution in [0.5, 0.6) is 0 Å². The molecule has 0 unspecified atom stereocenters. The fourth-order valence-corrected chi connectivity index (χ4v) is 3.18. The van der Waals surface area contributed by atoms with Crippen LogP contribution < -0.4 is 0 Å². The number of rotatable bonds is 4. The van der Waals surface area contributed by atoms with E-state index in [2.05, 4.69) is 0 Å². The van der Waals surface area contributed by atoms with Crippen molar-refractivity contribution in [3.63, 3.8) is 0 Å². The molecule has 1 aromatic heterocycles. The van der Waals surface area contributed by atoms with E-state index in [0.29, 0.717) is 4.88 Å². The van der Waals surface area contributed by atoms with Gasteiger partial charge in [0.25, 0.3) is 10.1 Å². The second kappa shape index (κ2) is 5.48. The summed E-state index contributed by atoms with van der Waals surface area (Å²) in [5, 5.41) is 8.90. The van der Waals surface area contributed by atoms with Crippen LogP contribution >= 0.6 is 11.3 Å². The van der Waals surface area contributed by atoms with Crippen LogP contribution in [0.4, 0.5) is 0 Å². The number of nitriles is 1. The summed E-state index contributed by atoms with van der Waals surface area (Å²) in [6, 6.07) is 1.81. The third kappa shape index (κ3) is 3.29. The second-order valence-electron chi connectivity index (χ2n) is 3.40. The lowest BCUT2D eigenvalue weighted by Gasteiger charge is -2.04. The molecule has 0 atom stereocenters. The minimum Gasteiger partial charge on any atom is -0.462 e. The quantitative estimate of drug-likeness (QED) is 0.665. The van der Waals surface area contributed by atoms with Gasteiger partial charge in [-0.05, 0) is 13.8 Å². The molecule has 0 aliphatic heterocycles. The summed E-state index contributed by atoms with van der Waals surface area (Å²) in [6.07, 6.45) is 0. The van der Waals surface area contributed by atoms with Crippen LogP contribution in [0, 0.1) is 18.3 Å². The third-order valence-corrected chi connectivity index (χ3v) is 3.80. The Balaban J connectivity index is 3.37. The first kappa shape index (κ1) is 14.6. The average molecular weight is 289 g/mol. The van der Waals surface area contributed by atoms with Crippen LogP contribution in [0.15, 0.2) is 0 Å². The van der Waals surface area contributed by atoms with Crippen LogP contribution in [0.25, 0.3) is 0 Å². The number of hydrogen-bond acceptors (Lipinski definition) is 6. The van der Waals surface area contributed by atoms with Crippen molar-refractivity contribution in [3.8, 4) is 6.07 Å². The Kier molecular flexibility index (Phi) is 4.45. The van der Waals surface area contributed by atoms with E-state index < -0.39 is 21.8 Å². The van der Waals surface area contributed by atoms with Gasteiger partial charge < -0.3 is 4.74 Å². The zero-order valence-corrected chi connectivity index (χ0v) is 11.4. The van der Waals surface area contributed by atoms with Crippen molar-refractivity contribution < 1.29 is 22.5 Å². The molecule has 0 aliphatic rings. The third-order valence-electron chi connectivity index (χ3n) is 2.09. The minimum absolute atomic E-state index is 0.000880. The van der Waals surface area contributed by atoms with Gasteiger partial charge in [-0.1, -0.05) is 0 Å². The van der Waals surface area contributed by atoms with Crippen LogP contribution in [0.2, 0.25) is 0 Å². The number of carbonyl (C=O) groups excluding carboxylic acids is 1. The molecular formula is C10H11NO5S2. The Bertz CT molecular complexity index is 609. The monoisotopic (exact) mass is 289 g/mol. The summed E-state index contributed by atoms with van der Waals surface area (Å²) >= 11 is 0.998. The molecule has 0 fully saturated rings. The van der Waals surface area contributed by atoms with E-state index in [9.17, 15) is 13.2 Å². The fraction of sp³-hybridized carbons (Fsp3) is 0.400. The van der Waals surface area contributed by atoms with Gasteiger partial charge in [0.05, 0.1) is 12.2 Å². The van der Waals surface area contributed by atoms with E-state index in [1.807, 2.05) is 6.07 Å². The predicted molar refractivity (Wildman–Crippen MR) is 65.0 cm³/mol. The molecule has 98 valence electrons. The van der Waals surface area contributed by atoms with Crippen LogP contribution in [-0.2, 0) is 20.6 Å². The lowest BCUT2D eigenvalue weighted by Crippen LogP contribution is -2.11. The number of esters is 1. The van der Waals surface area contributed by atoms with Crippen molar-refractivity contribution >= 4 is 27.4 Å². The summed E-state index contributed by atoms with van der Waals surface area (Å²) in [7, 11) is -4.32. The zero-order valence-electron chi connectivity index (χ0n) is 9.76. The van der Waals surface area contributed by atoms with E-state index in [0.717, 1.165) is 11.3 Å². The zero-order chi connectivity index (χ0) is 13.9. The highest BCUT2D eigenvalue weighted by Gasteiger charge is 2.25. The molecule has 8 heteroatoms. The van der Waals surface area contributed by atoms with Crippen LogP contribution in [-0.4, -0.2) is 25.5 Å². The number of nitrogens with zero attached hydrogens (tertiary/aromatic N) is 1. The van der Waals surface area contributed by atoms with E-state index in [4.69, 9.17) is 14.6 Å². The molecule has 0 radical (unpaired) electrons. The number of aryl methyl sites for hydroxylation is 1. The van der Waals surface area contributed by atoms with Crippen molar-refractivity contribution in [3.05, 3.63) is 20.9 Å². The maximum Gasteiger partial charge on any atom is 0.339 e. The fourth-order valence-electron chi connectivity index (χ4n) is 1.47. The molecular weight excluding hydrogens is 278 g/mol. The normalized spacial score (nSPS) is 11.0. The van der Waals surface area contributed by atoms with Crippen molar-refractivity contribution in [2.45, 2.75) is 19.6 Å². The maximum absolute atomic E-state index is 11.7. The molecule has 0 saturated carbocycles. The molecule has 1 heterocycles. The number of ether oxygens (including phenoxy) is 1. The number of thiophene rings is 1. The Hall–Kier alpha value is -1.43. The molecule has 1 rings (SSSR count). The van der Waals surface area contributed by atoms with E-state index >= 15 is 0 Å². The van der Waals surface area contributed by atoms with Gasteiger partial charge in [-0.25, -0.2) is 4.79 Å². The van der Waals surface area contributed by atoms with Gasteiger partial charge in [0, 0.05) is 10.4 Å². The molecule has 0 bridgehead atoms. The SMILES string of the molecule is CCOC(=O)c1c(C)sc(C#N)c1CS(=O)(=O)O. The first-order chi connectivity index (χ1) is 8.30. The van der Waals surface area contributed by atoms with Crippen LogP contribution in [0.3, 0.4) is 0 Å². The van der Waals surface area contributed by atoms with E-state index in [-0.39, 0.29) is 22.6 Å². The second-order valence-corrected chi connectivity index (χ2v) is 6.08. The smallest absolute Gasteiger partial charge is 0.339 e. The largest absolute Gasteiger partial charge is 0.462 e. The van der Waals surface area contributed by atoms with Crippen molar-refractivity contribution in [1.29, 1.82) is 5.26 Å². The molecule has 18 heavy (non-hydrogen) atoms. The van der Waals surface area contributed by atoms with Gasteiger partial charge in [0.15, 0.2) is 0 Å². The molecule has 0 spiro atoms. The molecule has 0 saturated heterocycles. The van der Waals surface area contributed by atoms with Gasteiger partial charge in [-0.15, -0.1) is 11.3 Å². The lowest BCUT2D eigenvalue weighted by atomic mass is 10.1. The predicted octanol–water partition coefficient (Wildman–Crippen LogP) is 1.49. The van der Waals surface area contributed by atoms with Gasteiger partial charge in [-0.3, -0.25) is 4.55 Å². The van der Waals surface area contributed by atoms with Gasteiger partial charge in [0.2, 0.25) is 0 Å². The Labute approximate surface area is 109 Å². The van der Waals surface area contributed by atoms with Gasteiger partial charge in [-0.2, -0.15) is 13.7 Å². The van der Waals surface area contributed by atoms with E-state index in [1.54, 1.807) is 13.8 Å². The summed E-state index contributed by atoms with van der Waals surface area (Å²) in [6.45, 7) is 3.35. The van der Waals surface area contributed by atoms with Gasteiger partial charge in [0.1, 0.15) is 16.7 Å². The topological polar surface area (TPSA) is 104 Å². The van der Waals surface area contributed by atoms with Crippen molar-refractivity contribution in [2.24, 2.45) is 0 Å². The van der Waals surface area contributed by atoms with Gasteiger partial charge >= 0.3 is 5.97 Å².